The Balaban J connectivity index is 2.99. The normalized spacial score (nSPS) is 14.8. The average Bonchev–Trinajstić information content (AvgIpc) is 2.23. The van der Waals surface area contributed by atoms with E-state index in [2.05, 4.69) is 12.6 Å². The summed E-state index contributed by atoms with van der Waals surface area (Å²) in [7, 11) is 0. The lowest BCUT2D eigenvalue weighted by atomic mass is 9.97. The quantitative estimate of drug-likeness (QED) is 0.479. The Morgan fingerprint density at radius 2 is 2.06 bits per heavy atom. The van der Waals surface area contributed by atoms with E-state index in [1.165, 1.54) is 6.07 Å². The van der Waals surface area contributed by atoms with Gasteiger partial charge < -0.3 is 15.9 Å². The van der Waals surface area contributed by atoms with Gasteiger partial charge >= 0.3 is 0 Å². The summed E-state index contributed by atoms with van der Waals surface area (Å²) in [4.78, 5) is 0. The lowest BCUT2D eigenvalue weighted by Gasteiger charge is -2.19. The summed E-state index contributed by atoms with van der Waals surface area (Å²) in [6.07, 6.45) is -1.71. The molecule has 0 spiro atoms. The van der Waals surface area contributed by atoms with Crippen LogP contribution in [0.15, 0.2) is 12.1 Å². The van der Waals surface area contributed by atoms with E-state index in [4.69, 9.17) is 5.73 Å². The molecule has 90 valence electrons. The van der Waals surface area contributed by atoms with Gasteiger partial charge in [-0.25, -0.2) is 4.39 Å². The summed E-state index contributed by atoms with van der Waals surface area (Å²) in [6.45, 7) is 1.71. The van der Waals surface area contributed by atoms with Crippen LogP contribution in [0.5, 0.6) is 0 Å². The number of nitrogens with two attached hydrogens (primary N) is 1. The van der Waals surface area contributed by atoms with Gasteiger partial charge in [0.25, 0.3) is 0 Å². The Morgan fingerprint density at radius 1 is 1.44 bits per heavy atom. The highest BCUT2D eigenvalue weighted by molar-refractivity contribution is 7.80. The van der Waals surface area contributed by atoms with Crippen LogP contribution in [0.4, 0.5) is 10.1 Å². The van der Waals surface area contributed by atoms with Crippen molar-refractivity contribution in [2.45, 2.75) is 25.6 Å². The van der Waals surface area contributed by atoms with Crippen molar-refractivity contribution in [3.63, 3.8) is 0 Å². The van der Waals surface area contributed by atoms with E-state index in [0.29, 0.717) is 23.3 Å². The molecule has 0 aliphatic carbocycles. The molecule has 16 heavy (non-hydrogen) atoms. The molecular formula is C11H16FNO2S. The molecule has 0 saturated heterocycles. The number of thiol groups is 1. The van der Waals surface area contributed by atoms with Crippen molar-refractivity contribution in [1.82, 2.24) is 0 Å². The molecule has 2 atom stereocenters. The van der Waals surface area contributed by atoms with Crippen LogP contribution in [0.25, 0.3) is 0 Å². The standard InChI is InChI=1S/C11H16FNO2S/c1-6-4-9(13)8(12)5-7(6)11(15)10(14)2-3-16/h4-5,10-11,14-16H,2-3,13H2,1H3. The summed E-state index contributed by atoms with van der Waals surface area (Å²) in [6, 6.07) is 2.61. The van der Waals surface area contributed by atoms with Gasteiger partial charge in [-0.15, -0.1) is 0 Å². The van der Waals surface area contributed by atoms with Crippen LogP contribution in [0.3, 0.4) is 0 Å². The van der Waals surface area contributed by atoms with E-state index in [-0.39, 0.29) is 5.69 Å². The lowest BCUT2D eigenvalue weighted by molar-refractivity contribution is 0.0167. The number of halogens is 1. The number of aliphatic hydroxyl groups excluding tert-OH is 2. The molecule has 0 saturated carbocycles. The molecule has 0 bridgehead atoms. The summed E-state index contributed by atoms with van der Waals surface area (Å²) in [5.74, 6) is -0.132. The predicted octanol–water partition coefficient (Wildman–Crippen LogP) is 1.43. The highest BCUT2D eigenvalue weighted by Gasteiger charge is 2.20. The first kappa shape index (κ1) is 13.3. The van der Waals surface area contributed by atoms with Gasteiger partial charge in [0.05, 0.1) is 11.8 Å². The van der Waals surface area contributed by atoms with E-state index >= 15 is 0 Å². The van der Waals surface area contributed by atoms with E-state index in [1.54, 1.807) is 6.92 Å². The van der Waals surface area contributed by atoms with Crippen LogP contribution in [0, 0.1) is 12.7 Å². The smallest absolute Gasteiger partial charge is 0.146 e. The Bertz CT molecular complexity index is 373. The fourth-order valence-electron chi connectivity index (χ4n) is 1.54. The van der Waals surface area contributed by atoms with Gasteiger partial charge in [-0.1, -0.05) is 0 Å². The molecule has 1 aromatic rings. The average molecular weight is 245 g/mol. The minimum atomic E-state index is -1.11. The molecule has 5 heteroatoms. The second kappa shape index (κ2) is 5.52. The number of rotatable bonds is 4. The molecular weight excluding hydrogens is 229 g/mol. The molecule has 2 unspecified atom stereocenters. The van der Waals surface area contributed by atoms with Crippen LogP contribution in [0.1, 0.15) is 23.7 Å². The molecule has 4 N–H and O–H groups in total. The van der Waals surface area contributed by atoms with Gasteiger partial charge in [-0.2, -0.15) is 12.6 Å². The van der Waals surface area contributed by atoms with Crippen molar-refractivity contribution >= 4 is 18.3 Å². The Labute approximate surface area is 99.5 Å². The molecule has 1 aromatic carbocycles. The maximum absolute atomic E-state index is 13.2. The number of hydrogen-bond acceptors (Lipinski definition) is 4. The third-order valence-electron chi connectivity index (χ3n) is 2.49. The van der Waals surface area contributed by atoms with Gasteiger partial charge in [0.1, 0.15) is 11.9 Å². The highest BCUT2D eigenvalue weighted by atomic mass is 32.1. The van der Waals surface area contributed by atoms with Gasteiger partial charge in [0.15, 0.2) is 0 Å². The van der Waals surface area contributed by atoms with E-state index in [0.717, 1.165) is 6.07 Å². The van der Waals surface area contributed by atoms with Crippen LogP contribution >= 0.6 is 12.6 Å². The maximum Gasteiger partial charge on any atom is 0.146 e. The molecule has 0 amide bonds. The van der Waals surface area contributed by atoms with Crippen LogP contribution < -0.4 is 5.73 Å². The van der Waals surface area contributed by atoms with Crippen LogP contribution in [-0.2, 0) is 0 Å². The van der Waals surface area contributed by atoms with E-state index in [9.17, 15) is 14.6 Å². The molecule has 3 nitrogen and oxygen atoms in total. The lowest BCUT2D eigenvalue weighted by Crippen LogP contribution is -2.20. The SMILES string of the molecule is Cc1cc(N)c(F)cc1C(O)C(O)CCS. The Hall–Kier alpha value is -0.780. The largest absolute Gasteiger partial charge is 0.396 e. The molecule has 1 rings (SSSR count). The zero-order chi connectivity index (χ0) is 12.3. The van der Waals surface area contributed by atoms with Crippen molar-refractivity contribution in [2.75, 3.05) is 11.5 Å². The summed E-state index contributed by atoms with van der Waals surface area (Å²) >= 11 is 3.96. The minimum absolute atomic E-state index is 0.0390. The fraction of sp³-hybridized carbons (Fsp3) is 0.455. The number of anilines is 1. The first-order valence-corrected chi connectivity index (χ1v) is 5.63. The second-order valence-corrected chi connectivity index (χ2v) is 4.20. The van der Waals surface area contributed by atoms with Crippen molar-refractivity contribution in [2.24, 2.45) is 0 Å². The Kier molecular flexibility index (Phi) is 4.58. The van der Waals surface area contributed by atoms with E-state index < -0.39 is 18.0 Å². The minimum Gasteiger partial charge on any atom is -0.396 e. The molecule has 0 aliphatic rings. The summed E-state index contributed by atoms with van der Waals surface area (Å²) < 4.78 is 13.2. The topological polar surface area (TPSA) is 66.5 Å². The third kappa shape index (κ3) is 2.87. The molecule has 0 fully saturated rings. The number of benzene rings is 1. The molecule has 0 aromatic heterocycles. The first-order valence-electron chi connectivity index (χ1n) is 5.00. The number of aliphatic hydroxyl groups is 2. The fourth-order valence-corrected chi connectivity index (χ4v) is 1.80. The number of hydrogen-bond donors (Lipinski definition) is 4. The van der Waals surface area contributed by atoms with Crippen molar-refractivity contribution in [1.29, 1.82) is 0 Å². The molecule has 0 radical (unpaired) electrons. The number of nitrogen functional groups attached to an aromatic ring is 1. The summed E-state index contributed by atoms with van der Waals surface area (Å²) in [5, 5.41) is 19.4. The van der Waals surface area contributed by atoms with Crippen LogP contribution in [-0.4, -0.2) is 22.1 Å². The number of aryl methyl sites for hydroxylation is 1. The zero-order valence-electron chi connectivity index (χ0n) is 9.02. The third-order valence-corrected chi connectivity index (χ3v) is 2.75. The van der Waals surface area contributed by atoms with E-state index in [1.807, 2.05) is 0 Å². The Morgan fingerprint density at radius 3 is 2.62 bits per heavy atom. The van der Waals surface area contributed by atoms with Gasteiger partial charge in [0, 0.05) is 0 Å². The predicted molar refractivity (Wildman–Crippen MR) is 65.0 cm³/mol. The van der Waals surface area contributed by atoms with Crippen molar-refractivity contribution < 1.29 is 14.6 Å². The maximum atomic E-state index is 13.2. The first-order chi connectivity index (χ1) is 7.47. The molecule has 0 heterocycles. The summed E-state index contributed by atoms with van der Waals surface area (Å²) in [5.41, 5.74) is 6.45. The van der Waals surface area contributed by atoms with Crippen molar-refractivity contribution in [3.05, 3.63) is 29.1 Å². The molecule has 0 aliphatic heterocycles. The highest BCUT2D eigenvalue weighted by Crippen LogP contribution is 2.26. The van der Waals surface area contributed by atoms with Gasteiger partial charge in [-0.3, -0.25) is 0 Å². The van der Waals surface area contributed by atoms with Gasteiger partial charge in [0.2, 0.25) is 0 Å². The second-order valence-electron chi connectivity index (χ2n) is 3.75. The van der Waals surface area contributed by atoms with Crippen LogP contribution in [0.2, 0.25) is 0 Å². The zero-order valence-corrected chi connectivity index (χ0v) is 9.91. The van der Waals surface area contributed by atoms with Crippen molar-refractivity contribution in [3.8, 4) is 0 Å². The van der Waals surface area contributed by atoms with Gasteiger partial charge in [-0.05, 0) is 42.4 Å². The monoisotopic (exact) mass is 245 g/mol.